The van der Waals surface area contributed by atoms with Gasteiger partial charge in [0.25, 0.3) is 0 Å². The minimum Gasteiger partial charge on any atom is -0.293 e. The van der Waals surface area contributed by atoms with E-state index in [1.807, 2.05) is 0 Å². The summed E-state index contributed by atoms with van der Waals surface area (Å²) in [6.07, 6.45) is 0.793. The normalized spacial score (nSPS) is 15.8. The number of sulfonamides is 1. The van der Waals surface area contributed by atoms with Crippen LogP contribution in [0.1, 0.15) is 0 Å². The molecule has 2 N–H and O–H groups in total. The van der Waals surface area contributed by atoms with E-state index in [1.54, 1.807) is 0 Å². The number of nitrogens with one attached hydrogen (secondary N) is 1. The molecule has 0 aromatic rings. The van der Waals surface area contributed by atoms with Gasteiger partial charge in [-0.3, -0.25) is 4.55 Å². The molecule has 0 aromatic carbocycles. The monoisotopic (exact) mass is 159 g/mol. The highest BCUT2D eigenvalue weighted by Gasteiger charge is 2.01. The summed E-state index contributed by atoms with van der Waals surface area (Å²) < 4.78 is 38.8. The Morgan fingerprint density at radius 3 is 2.00 bits per heavy atom. The first kappa shape index (κ1) is 8.02. The van der Waals surface area contributed by atoms with Gasteiger partial charge in [-0.1, -0.05) is 0 Å². The Labute approximate surface area is 49.6 Å². The minimum absolute atomic E-state index is 0.793. The van der Waals surface area contributed by atoms with Crippen LogP contribution in [0.2, 0.25) is 0 Å². The van der Waals surface area contributed by atoms with Crippen molar-refractivity contribution in [3.63, 3.8) is 0 Å². The third-order valence-electron chi connectivity index (χ3n) is 0.223. The Hall–Kier alpha value is 0.0200. The first-order chi connectivity index (χ1) is 3.42. The van der Waals surface area contributed by atoms with Gasteiger partial charge in [-0.25, -0.2) is 12.6 Å². The Bertz CT molecular complexity index is 180. The molecule has 8 heavy (non-hydrogen) atoms. The molecule has 0 bridgehead atoms. The van der Waals surface area contributed by atoms with Gasteiger partial charge in [0.05, 0.1) is 6.26 Å². The topological polar surface area (TPSA) is 83.5 Å². The Balaban J connectivity index is 3.95. The molecule has 0 radical (unpaired) electrons. The fourth-order valence-corrected chi connectivity index (χ4v) is 1.17. The molecule has 0 fully saturated rings. The fourth-order valence-electron chi connectivity index (χ4n) is 0.129. The zero-order chi connectivity index (χ0) is 6.78. The second-order valence-electron chi connectivity index (χ2n) is 1.10. The average molecular weight is 159 g/mol. The average Bonchev–Trinajstić information content (AvgIpc) is 1.21. The van der Waals surface area contributed by atoms with Crippen LogP contribution in [0.4, 0.5) is 0 Å². The van der Waals surface area contributed by atoms with E-state index < -0.39 is 21.3 Å². The molecule has 0 heterocycles. The maximum atomic E-state index is 9.98. The van der Waals surface area contributed by atoms with Gasteiger partial charge in [-0.05, 0) is 0 Å². The lowest BCUT2D eigenvalue weighted by Gasteiger charge is -1.90. The molecule has 0 aliphatic carbocycles. The largest absolute Gasteiger partial charge is 0.293 e. The molecule has 0 aromatic heterocycles. The highest BCUT2D eigenvalue weighted by atomic mass is 32.3. The van der Waals surface area contributed by atoms with Crippen molar-refractivity contribution in [3.05, 3.63) is 0 Å². The first-order valence-corrected chi connectivity index (χ1v) is 4.50. The van der Waals surface area contributed by atoms with E-state index in [9.17, 15) is 12.6 Å². The predicted octanol–water partition coefficient (Wildman–Crippen LogP) is -1.33. The molecule has 0 aliphatic rings. The van der Waals surface area contributed by atoms with Crippen LogP contribution in [0.3, 0.4) is 0 Å². The van der Waals surface area contributed by atoms with E-state index in [-0.39, 0.29) is 0 Å². The molecule has 5 nitrogen and oxygen atoms in total. The highest BCUT2D eigenvalue weighted by molar-refractivity contribution is 7.99. The van der Waals surface area contributed by atoms with Crippen molar-refractivity contribution >= 4 is 21.3 Å². The summed E-state index contributed by atoms with van der Waals surface area (Å²) >= 11 is -2.47. The second kappa shape index (κ2) is 2.53. The second-order valence-corrected chi connectivity index (χ2v) is 3.81. The molecule has 0 saturated carbocycles. The molecule has 7 heteroatoms. The lowest BCUT2D eigenvalue weighted by molar-refractivity contribution is 0.555. The summed E-state index contributed by atoms with van der Waals surface area (Å²) in [7, 11) is -3.52. The van der Waals surface area contributed by atoms with E-state index in [4.69, 9.17) is 4.55 Å². The zero-order valence-electron chi connectivity index (χ0n) is 3.99. The molecular formula is CH5NO4S2. The van der Waals surface area contributed by atoms with E-state index in [1.165, 1.54) is 4.13 Å². The van der Waals surface area contributed by atoms with Crippen molar-refractivity contribution in [2.75, 3.05) is 6.26 Å². The van der Waals surface area contributed by atoms with E-state index in [0.29, 0.717) is 0 Å². The third-order valence-corrected chi connectivity index (χ3v) is 2.00. The molecule has 1 atom stereocenters. The molecule has 0 saturated heterocycles. The van der Waals surface area contributed by atoms with Crippen molar-refractivity contribution in [1.29, 1.82) is 0 Å². The van der Waals surface area contributed by atoms with E-state index >= 15 is 0 Å². The summed E-state index contributed by atoms with van der Waals surface area (Å²) in [6, 6.07) is 0. The van der Waals surface area contributed by atoms with Gasteiger partial charge in [0.2, 0.25) is 21.3 Å². The van der Waals surface area contributed by atoms with Gasteiger partial charge in [-0.2, -0.15) is 0 Å². The maximum Gasteiger partial charge on any atom is 0.245 e. The number of hydrogen-bond acceptors (Lipinski definition) is 3. The minimum atomic E-state index is -3.52. The van der Waals surface area contributed by atoms with Crippen LogP contribution in [0, 0.1) is 0 Å². The van der Waals surface area contributed by atoms with E-state index in [0.717, 1.165) is 6.26 Å². The first-order valence-electron chi connectivity index (χ1n) is 1.50. The fraction of sp³-hybridized carbons (Fsp3) is 1.00. The van der Waals surface area contributed by atoms with Crippen molar-refractivity contribution in [2.24, 2.45) is 0 Å². The summed E-state index contributed by atoms with van der Waals surface area (Å²) in [5, 5.41) is 0. The van der Waals surface area contributed by atoms with Crippen LogP contribution in [0.15, 0.2) is 0 Å². The van der Waals surface area contributed by atoms with Gasteiger partial charge in [0.15, 0.2) is 0 Å². The molecule has 1 unspecified atom stereocenters. The van der Waals surface area contributed by atoms with Crippen LogP contribution in [-0.2, 0) is 21.3 Å². The van der Waals surface area contributed by atoms with Gasteiger partial charge < -0.3 is 0 Å². The summed E-state index contributed by atoms with van der Waals surface area (Å²) in [6.45, 7) is 0. The quantitative estimate of drug-likeness (QED) is 0.489. The highest BCUT2D eigenvalue weighted by Crippen LogP contribution is 1.72. The number of hydrogen-bond donors (Lipinski definition) is 2. The van der Waals surface area contributed by atoms with E-state index in [2.05, 4.69) is 0 Å². The summed E-state index contributed by atoms with van der Waals surface area (Å²) in [5.74, 6) is 0. The van der Waals surface area contributed by atoms with Crippen molar-refractivity contribution < 1.29 is 17.2 Å². The van der Waals surface area contributed by atoms with Crippen LogP contribution in [0.25, 0.3) is 0 Å². The molecular weight excluding hydrogens is 154 g/mol. The van der Waals surface area contributed by atoms with Gasteiger partial charge in [-0.15, -0.1) is 4.13 Å². The lowest BCUT2D eigenvalue weighted by Crippen LogP contribution is -2.23. The van der Waals surface area contributed by atoms with Gasteiger partial charge >= 0.3 is 0 Å². The van der Waals surface area contributed by atoms with Crippen LogP contribution in [-0.4, -0.2) is 23.4 Å². The molecule has 0 rings (SSSR count). The lowest BCUT2D eigenvalue weighted by atomic mass is 12.0. The summed E-state index contributed by atoms with van der Waals surface area (Å²) in [4.78, 5) is 0. The van der Waals surface area contributed by atoms with Crippen LogP contribution >= 0.6 is 0 Å². The summed E-state index contributed by atoms with van der Waals surface area (Å²) in [5.41, 5.74) is 0. The molecule has 0 spiro atoms. The standard InChI is InChI=1S/CH5NO4S2/c1-8(5,6)2-7(3)4/h2H,1H3,(H,3,4). The van der Waals surface area contributed by atoms with Gasteiger partial charge in [0.1, 0.15) is 0 Å². The smallest absolute Gasteiger partial charge is 0.245 e. The van der Waals surface area contributed by atoms with Gasteiger partial charge in [0, 0.05) is 0 Å². The van der Waals surface area contributed by atoms with Crippen LogP contribution in [0.5, 0.6) is 0 Å². The van der Waals surface area contributed by atoms with Crippen molar-refractivity contribution in [3.8, 4) is 0 Å². The third kappa shape index (κ3) is 6.02. The number of rotatable bonds is 2. The zero-order valence-corrected chi connectivity index (χ0v) is 5.62. The molecule has 0 aliphatic heterocycles. The predicted molar refractivity (Wildman–Crippen MR) is 28.8 cm³/mol. The Morgan fingerprint density at radius 2 is 2.00 bits per heavy atom. The Morgan fingerprint density at radius 1 is 1.62 bits per heavy atom. The Kier molecular flexibility index (Phi) is 2.54. The SMILES string of the molecule is CS(=O)(=O)NS(=O)O. The molecule has 0 amide bonds. The maximum absolute atomic E-state index is 9.98. The molecule has 50 valence electrons. The van der Waals surface area contributed by atoms with Crippen molar-refractivity contribution in [1.82, 2.24) is 4.13 Å². The van der Waals surface area contributed by atoms with Crippen LogP contribution < -0.4 is 4.13 Å². The van der Waals surface area contributed by atoms with Crippen molar-refractivity contribution in [2.45, 2.75) is 0 Å².